The largest absolute Gasteiger partial charge is 0.396 e. The van der Waals surface area contributed by atoms with Crippen LogP contribution in [0, 0.1) is 5.41 Å². The monoisotopic (exact) mass is 211 g/mol. The molecule has 0 atom stereocenters. The van der Waals surface area contributed by atoms with Crippen LogP contribution in [0.15, 0.2) is 0 Å². The highest BCUT2D eigenvalue weighted by Crippen LogP contribution is 2.47. The van der Waals surface area contributed by atoms with Crippen LogP contribution in [0.25, 0.3) is 0 Å². The predicted molar refractivity (Wildman–Crippen MR) is 46.9 cm³/mol. The van der Waals surface area contributed by atoms with Gasteiger partial charge < -0.3 is 10.4 Å². The van der Waals surface area contributed by atoms with Crippen LogP contribution in [0.4, 0.5) is 13.2 Å². The summed E-state index contributed by atoms with van der Waals surface area (Å²) in [6.45, 7) is 0.710. The number of nitrogens with one attached hydrogen (secondary N) is 1. The van der Waals surface area contributed by atoms with Gasteiger partial charge in [0.1, 0.15) is 0 Å². The van der Waals surface area contributed by atoms with Crippen molar-refractivity contribution >= 4 is 0 Å². The normalized spacial score (nSPS) is 19.7. The zero-order chi connectivity index (χ0) is 10.7. The molecule has 84 valence electrons. The molecule has 0 aliphatic heterocycles. The molecule has 1 aliphatic rings. The Morgan fingerprint density at radius 3 is 2.36 bits per heavy atom. The highest BCUT2D eigenvalue weighted by atomic mass is 19.4. The molecule has 0 amide bonds. The Hall–Kier alpha value is -0.290. The lowest BCUT2D eigenvalue weighted by Crippen LogP contribution is -2.28. The molecule has 1 fully saturated rings. The van der Waals surface area contributed by atoms with Crippen LogP contribution in [0.2, 0.25) is 0 Å². The standard InChI is InChI=1S/C9H16F3NO/c10-9(11,12)3-5-13-7-8(1-2-8)4-6-14/h13-14H,1-7H2. The molecule has 0 saturated heterocycles. The fourth-order valence-electron chi connectivity index (χ4n) is 1.51. The Labute approximate surface area is 81.5 Å². The molecule has 0 radical (unpaired) electrons. The summed E-state index contributed by atoms with van der Waals surface area (Å²) in [7, 11) is 0. The van der Waals surface area contributed by atoms with Crippen LogP contribution in [0.5, 0.6) is 0 Å². The van der Waals surface area contributed by atoms with Crippen molar-refractivity contribution in [2.24, 2.45) is 5.41 Å². The van der Waals surface area contributed by atoms with Crippen molar-refractivity contribution in [3.05, 3.63) is 0 Å². The third kappa shape index (κ3) is 4.28. The lowest BCUT2D eigenvalue weighted by Gasteiger charge is -2.14. The van der Waals surface area contributed by atoms with Gasteiger partial charge >= 0.3 is 6.18 Å². The van der Waals surface area contributed by atoms with E-state index in [2.05, 4.69) is 5.32 Å². The third-order valence-electron chi connectivity index (χ3n) is 2.68. The summed E-state index contributed by atoms with van der Waals surface area (Å²) in [5.41, 5.74) is 0.0976. The van der Waals surface area contributed by atoms with E-state index < -0.39 is 12.6 Å². The molecule has 2 N–H and O–H groups in total. The first kappa shape index (κ1) is 11.8. The first-order valence-electron chi connectivity index (χ1n) is 4.86. The highest BCUT2D eigenvalue weighted by Gasteiger charge is 2.41. The van der Waals surface area contributed by atoms with E-state index in [0.29, 0.717) is 13.0 Å². The van der Waals surface area contributed by atoms with Crippen LogP contribution in [-0.4, -0.2) is 31.0 Å². The first-order chi connectivity index (χ1) is 6.47. The van der Waals surface area contributed by atoms with Crippen LogP contribution in [0.1, 0.15) is 25.7 Å². The minimum Gasteiger partial charge on any atom is -0.396 e. The maximum absolute atomic E-state index is 11.8. The molecule has 0 heterocycles. The van der Waals surface area contributed by atoms with Crippen molar-refractivity contribution in [3.8, 4) is 0 Å². The lowest BCUT2D eigenvalue weighted by molar-refractivity contribution is -0.133. The first-order valence-corrected chi connectivity index (χ1v) is 4.86. The van der Waals surface area contributed by atoms with Gasteiger partial charge in [-0.05, 0) is 24.7 Å². The Bertz CT molecular complexity index is 177. The fraction of sp³-hybridized carbons (Fsp3) is 1.00. The SMILES string of the molecule is OCCC1(CNCCC(F)(F)F)CC1. The number of aliphatic hydroxyl groups excluding tert-OH is 1. The molecular weight excluding hydrogens is 195 g/mol. The number of hydrogen-bond acceptors (Lipinski definition) is 2. The number of hydrogen-bond donors (Lipinski definition) is 2. The van der Waals surface area contributed by atoms with E-state index in [1.54, 1.807) is 0 Å². The van der Waals surface area contributed by atoms with Gasteiger partial charge in [0.15, 0.2) is 0 Å². The smallest absolute Gasteiger partial charge is 0.390 e. The molecule has 0 aromatic carbocycles. The molecular formula is C9H16F3NO. The highest BCUT2D eigenvalue weighted by molar-refractivity contribution is 4.94. The summed E-state index contributed by atoms with van der Waals surface area (Å²) >= 11 is 0. The molecule has 0 spiro atoms. The van der Waals surface area contributed by atoms with Crippen molar-refractivity contribution in [1.29, 1.82) is 0 Å². The minimum absolute atomic E-state index is 0.0172. The van der Waals surface area contributed by atoms with Gasteiger partial charge in [-0.15, -0.1) is 0 Å². The Balaban J connectivity index is 2.04. The summed E-state index contributed by atoms with van der Waals surface area (Å²) in [6.07, 6.45) is -2.10. The molecule has 0 aromatic heterocycles. The van der Waals surface area contributed by atoms with Gasteiger partial charge in [-0.2, -0.15) is 13.2 Å². The lowest BCUT2D eigenvalue weighted by atomic mass is 10.0. The van der Waals surface area contributed by atoms with E-state index in [1.807, 2.05) is 0 Å². The molecule has 1 rings (SSSR count). The average molecular weight is 211 g/mol. The summed E-state index contributed by atoms with van der Waals surface area (Å²) in [6, 6.07) is 0. The molecule has 0 bridgehead atoms. The van der Waals surface area contributed by atoms with Crippen LogP contribution < -0.4 is 5.32 Å². The van der Waals surface area contributed by atoms with E-state index in [1.165, 1.54) is 0 Å². The van der Waals surface area contributed by atoms with Gasteiger partial charge in [0, 0.05) is 19.7 Å². The van der Waals surface area contributed by atoms with Crippen LogP contribution in [-0.2, 0) is 0 Å². The minimum atomic E-state index is -4.07. The number of alkyl halides is 3. The molecule has 0 unspecified atom stereocenters. The fourth-order valence-corrected chi connectivity index (χ4v) is 1.51. The van der Waals surface area contributed by atoms with Gasteiger partial charge in [-0.3, -0.25) is 0 Å². The summed E-state index contributed by atoms with van der Waals surface area (Å²) < 4.78 is 35.3. The van der Waals surface area contributed by atoms with E-state index in [4.69, 9.17) is 5.11 Å². The molecule has 0 aromatic rings. The summed E-state index contributed by atoms with van der Waals surface area (Å²) in [5, 5.41) is 11.5. The van der Waals surface area contributed by atoms with Gasteiger partial charge in [-0.1, -0.05) is 0 Å². The Morgan fingerprint density at radius 1 is 1.29 bits per heavy atom. The quantitative estimate of drug-likeness (QED) is 0.655. The van der Waals surface area contributed by atoms with E-state index in [-0.39, 0.29) is 18.6 Å². The van der Waals surface area contributed by atoms with E-state index in [9.17, 15) is 13.2 Å². The second kappa shape index (κ2) is 4.49. The van der Waals surface area contributed by atoms with Crippen molar-refractivity contribution < 1.29 is 18.3 Å². The second-order valence-corrected chi connectivity index (χ2v) is 4.02. The maximum atomic E-state index is 11.8. The van der Waals surface area contributed by atoms with Crippen molar-refractivity contribution in [3.63, 3.8) is 0 Å². The van der Waals surface area contributed by atoms with Crippen molar-refractivity contribution in [1.82, 2.24) is 5.32 Å². The zero-order valence-corrected chi connectivity index (χ0v) is 8.03. The molecule has 2 nitrogen and oxygen atoms in total. The van der Waals surface area contributed by atoms with E-state index in [0.717, 1.165) is 12.8 Å². The van der Waals surface area contributed by atoms with Crippen LogP contribution >= 0.6 is 0 Å². The summed E-state index contributed by atoms with van der Waals surface area (Å²) in [5.74, 6) is 0. The molecule has 14 heavy (non-hydrogen) atoms. The molecule has 1 aliphatic carbocycles. The van der Waals surface area contributed by atoms with Gasteiger partial charge in [-0.25, -0.2) is 0 Å². The van der Waals surface area contributed by atoms with E-state index >= 15 is 0 Å². The maximum Gasteiger partial charge on any atom is 0.390 e. The number of rotatable bonds is 6. The molecule has 5 heteroatoms. The van der Waals surface area contributed by atoms with Gasteiger partial charge in [0.25, 0.3) is 0 Å². The molecule has 1 saturated carbocycles. The second-order valence-electron chi connectivity index (χ2n) is 4.02. The predicted octanol–water partition coefficient (Wildman–Crippen LogP) is 1.69. The summed E-state index contributed by atoms with van der Waals surface area (Å²) in [4.78, 5) is 0. The zero-order valence-electron chi connectivity index (χ0n) is 8.03. The van der Waals surface area contributed by atoms with Crippen molar-refractivity contribution in [2.75, 3.05) is 19.7 Å². The van der Waals surface area contributed by atoms with Crippen LogP contribution in [0.3, 0.4) is 0 Å². The Morgan fingerprint density at radius 2 is 1.93 bits per heavy atom. The number of halogens is 3. The third-order valence-corrected chi connectivity index (χ3v) is 2.68. The van der Waals surface area contributed by atoms with Gasteiger partial charge in [0.2, 0.25) is 0 Å². The average Bonchev–Trinajstić information content (AvgIpc) is 2.79. The van der Waals surface area contributed by atoms with Gasteiger partial charge in [0.05, 0.1) is 6.42 Å². The Kier molecular flexibility index (Phi) is 3.78. The van der Waals surface area contributed by atoms with Crippen molar-refractivity contribution in [2.45, 2.75) is 31.9 Å². The topological polar surface area (TPSA) is 32.3 Å². The number of aliphatic hydroxyl groups is 1.